The third-order valence-corrected chi connectivity index (χ3v) is 4.62. The predicted octanol–water partition coefficient (Wildman–Crippen LogP) is 1.92. The van der Waals surface area contributed by atoms with Crippen LogP contribution < -0.4 is 9.80 Å². The fraction of sp³-hybridized carbons (Fsp3) is 0.750. The summed E-state index contributed by atoms with van der Waals surface area (Å²) in [6.45, 7) is 5.02. The lowest BCUT2D eigenvalue weighted by Gasteiger charge is -2.29. The summed E-state index contributed by atoms with van der Waals surface area (Å²) in [4.78, 5) is 9.00. The number of anilines is 2. The van der Waals surface area contributed by atoms with Crippen LogP contribution in [0.4, 0.5) is 14.5 Å². The highest BCUT2D eigenvalue weighted by atomic mass is 32.1. The van der Waals surface area contributed by atoms with Crippen LogP contribution in [0.3, 0.4) is 0 Å². The van der Waals surface area contributed by atoms with Crippen LogP contribution in [0.5, 0.6) is 0 Å². The van der Waals surface area contributed by atoms with Crippen molar-refractivity contribution < 1.29 is 9.13 Å². The number of halogens is 1. The van der Waals surface area contributed by atoms with Gasteiger partial charge in [0.05, 0.1) is 19.4 Å². The molecule has 0 aliphatic carbocycles. The molecule has 0 aromatic carbocycles. The Labute approximate surface area is 110 Å². The third-order valence-electron chi connectivity index (χ3n) is 3.50. The molecule has 18 heavy (non-hydrogen) atoms. The number of rotatable bonds is 2. The van der Waals surface area contributed by atoms with Crippen molar-refractivity contribution in [3.05, 3.63) is 6.20 Å². The first-order valence-corrected chi connectivity index (χ1v) is 7.32. The lowest BCUT2D eigenvalue weighted by atomic mass is 10.1. The van der Waals surface area contributed by atoms with Crippen LogP contribution in [0.2, 0.25) is 0 Å². The molecule has 1 aromatic rings. The zero-order chi connectivity index (χ0) is 12.4. The number of thiazole rings is 1. The Morgan fingerprint density at radius 1 is 1.17 bits per heavy atom. The monoisotopic (exact) mass is 271 g/mol. The van der Waals surface area contributed by atoms with Crippen molar-refractivity contribution in [2.24, 2.45) is 0 Å². The summed E-state index contributed by atoms with van der Waals surface area (Å²) in [6, 6.07) is 0. The van der Waals surface area contributed by atoms with Crippen LogP contribution in [-0.2, 0) is 4.74 Å². The van der Waals surface area contributed by atoms with Crippen LogP contribution in [0, 0.1) is 0 Å². The highest BCUT2D eigenvalue weighted by molar-refractivity contribution is 7.19. The first-order chi connectivity index (χ1) is 8.83. The van der Waals surface area contributed by atoms with Crippen molar-refractivity contribution in [2.75, 3.05) is 49.2 Å². The largest absolute Gasteiger partial charge is 0.378 e. The Balaban J connectivity index is 1.65. The predicted molar refractivity (Wildman–Crippen MR) is 71.5 cm³/mol. The number of ether oxygens (including phenoxy) is 1. The first-order valence-electron chi connectivity index (χ1n) is 6.50. The second-order valence-electron chi connectivity index (χ2n) is 4.74. The van der Waals surface area contributed by atoms with Crippen LogP contribution in [0.15, 0.2) is 6.20 Å². The van der Waals surface area contributed by atoms with Crippen molar-refractivity contribution in [1.29, 1.82) is 0 Å². The standard InChI is InChI=1S/C12H18FN3OS/c13-10-1-3-15(4-2-10)11-9-14-12(18-11)16-5-7-17-8-6-16/h9-10H,1-8H2. The van der Waals surface area contributed by atoms with E-state index in [1.807, 2.05) is 6.20 Å². The number of hydrogen-bond acceptors (Lipinski definition) is 5. The van der Waals surface area contributed by atoms with Gasteiger partial charge in [0.2, 0.25) is 0 Å². The quantitative estimate of drug-likeness (QED) is 0.821. The van der Waals surface area contributed by atoms with Gasteiger partial charge in [-0.25, -0.2) is 9.37 Å². The molecule has 0 bridgehead atoms. The molecule has 0 saturated carbocycles. The fourth-order valence-electron chi connectivity index (χ4n) is 2.37. The average molecular weight is 271 g/mol. The molecule has 1 aromatic heterocycles. The zero-order valence-corrected chi connectivity index (χ0v) is 11.2. The van der Waals surface area contributed by atoms with Gasteiger partial charge in [0.1, 0.15) is 11.2 Å². The molecule has 0 atom stereocenters. The van der Waals surface area contributed by atoms with Gasteiger partial charge in [-0.3, -0.25) is 0 Å². The summed E-state index contributed by atoms with van der Waals surface area (Å²) >= 11 is 1.71. The minimum absolute atomic E-state index is 0.618. The molecule has 6 heteroatoms. The maximum atomic E-state index is 13.1. The van der Waals surface area contributed by atoms with Gasteiger partial charge in [0, 0.05) is 26.2 Å². The fourth-order valence-corrected chi connectivity index (χ4v) is 3.39. The maximum absolute atomic E-state index is 13.1. The molecule has 0 N–H and O–H groups in total. The van der Waals surface area contributed by atoms with Gasteiger partial charge in [-0.1, -0.05) is 11.3 Å². The second kappa shape index (κ2) is 5.40. The van der Waals surface area contributed by atoms with Crippen molar-refractivity contribution in [3.8, 4) is 0 Å². The van der Waals surface area contributed by atoms with Gasteiger partial charge < -0.3 is 14.5 Å². The summed E-state index contributed by atoms with van der Waals surface area (Å²) < 4.78 is 18.4. The minimum atomic E-state index is -0.618. The Morgan fingerprint density at radius 3 is 2.61 bits per heavy atom. The summed E-state index contributed by atoms with van der Waals surface area (Å²) in [6.07, 6.45) is 2.59. The number of piperidine rings is 1. The van der Waals surface area contributed by atoms with Crippen molar-refractivity contribution in [2.45, 2.75) is 19.0 Å². The molecule has 0 amide bonds. The first kappa shape index (κ1) is 12.2. The molecule has 4 nitrogen and oxygen atoms in total. The van der Waals surface area contributed by atoms with Gasteiger partial charge in [0.15, 0.2) is 5.13 Å². The molecule has 0 unspecified atom stereocenters. The molecular weight excluding hydrogens is 253 g/mol. The smallest absolute Gasteiger partial charge is 0.187 e. The van der Waals surface area contributed by atoms with E-state index in [2.05, 4.69) is 14.8 Å². The molecule has 0 spiro atoms. The van der Waals surface area contributed by atoms with Crippen molar-refractivity contribution in [1.82, 2.24) is 4.98 Å². The Morgan fingerprint density at radius 2 is 1.89 bits per heavy atom. The SMILES string of the molecule is FC1CCN(c2cnc(N3CCOCC3)s2)CC1. The van der Waals surface area contributed by atoms with E-state index in [0.29, 0.717) is 12.8 Å². The lowest BCUT2D eigenvalue weighted by molar-refractivity contribution is 0.122. The van der Waals surface area contributed by atoms with Gasteiger partial charge in [-0.2, -0.15) is 0 Å². The van der Waals surface area contributed by atoms with Gasteiger partial charge in [-0.15, -0.1) is 0 Å². The van der Waals surface area contributed by atoms with E-state index >= 15 is 0 Å². The van der Waals surface area contributed by atoms with Crippen LogP contribution in [-0.4, -0.2) is 50.5 Å². The molecule has 2 aliphatic heterocycles. The van der Waals surface area contributed by atoms with E-state index < -0.39 is 6.17 Å². The summed E-state index contributed by atoms with van der Waals surface area (Å²) in [5.41, 5.74) is 0. The molecule has 2 fully saturated rings. The third kappa shape index (κ3) is 2.59. The van der Waals surface area contributed by atoms with Gasteiger partial charge >= 0.3 is 0 Å². The molecule has 2 saturated heterocycles. The number of alkyl halides is 1. The number of morpholine rings is 1. The average Bonchev–Trinajstić information content (AvgIpc) is 2.90. The normalized spacial score (nSPS) is 22.5. The Kier molecular flexibility index (Phi) is 3.65. The van der Waals surface area contributed by atoms with E-state index in [4.69, 9.17) is 4.74 Å². The van der Waals surface area contributed by atoms with Gasteiger partial charge in [-0.05, 0) is 12.8 Å². The second-order valence-corrected chi connectivity index (χ2v) is 5.73. The van der Waals surface area contributed by atoms with Crippen molar-refractivity contribution in [3.63, 3.8) is 0 Å². The van der Waals surface area contributed by atoms with Crippen LogP contribution in [0.1, 0.15) is 12.8 Å². The highest BCUT2D eigenvalue weighted by Crippen LogP contribution is 2.32. The number of hydrogen-bond donors (Lipinski definition) is 0. The van der Waals surface area contributed by atoms with E-state index in [1.165, 1.54) is 5.00 Å². The van der Waals surface area contributed by atoms with E-state index in [1.54, 1.807) is 11.3 Å². The summed E-state index contributed by atoms with van der Waals surface area (Å²) in [5, 5.41) is 2.24. The lowest BCUT2D eigenvalue weighted by Crippen LogP contribution is -2.36. The van der Waals surface area contributed by atoms with Crippen molar-refractivity contribution >= 4 is 21.5 Å². The van der Waals surface area contributed by atoms with E-state index in [0.717, 1.165) is 44.5 Å². The summed E-state index contributed by atoms with van der Waals surface area (Å²) in [5.74, 6) is 0. The molecule has 3 heterocycles. The van der Waals surface area contributed by atoms with E-state index in [9.17, 15) is 4.39 Å². The highest BCUT2D eigenvalue weighted by Gasteiger charge is 2.21. The minimum Gasteiger partial charge on any atom is -0.378 e. The Hall–Kier alpha value is -0.880. The number of aromatic nitrogens is 1. The topological polar surface area (TPSA) is 28.6 Å². The van der Waals surface area contributed by atoms with Crippen LogP contribution >= 0.6 is 11.3 Å². The number of nitrogens with zero attached hydrogens (tertiary/aromatic N) is 3. The van der Waals surface area contributed by atoms with Gasteiger partial charge in [0.25, 0.3) is 0 Å². The zero-order valence-electron chi connectivity index (χ0n) is 10.3. The molecule has 100 valence electrons. The van der Waals surface area contributed by atoms with E-state index in [-0.39, 0.29) is 0 Å². The molecule has 2 aliphatic rings. The molecular formula is C12H18FN3OS. The summed E-state index contributed by atoms with van der Waals surface area (Å²) in [7, 11) is 0. The maximum Gasteiger partial charge on any atom is 0.187 e. The Bertz CT molecular complexity index is 386. The van der Waals surface area contributed by atoms with Crippen LogP contribution in [0.25, 0.3) is 0 Å². The molecule has 3 rings (SSSR count). The molecule has 0 radical (unpaired) electrons.